The van der Waals surface area contributed by atoms with E-state index in [1.54, 1.807) is 6.20 Å². The van der Waals surface area contributed by atoms with Gasteiger partial charge in [-0.1, -0.05) is 30.3 Å². The lowest BCUT2D eigenvalue weighted by Crippen LogP contribution is -2.57. The third-order valence-corrected chi connectivity index (χ3v) is 7.10. The second-order valence-corrected chi connectivity index (χ2v) is 9.08. The van der Waals surface area contributed by atoms with Gasteiger partial charge in [-0.2, -0.15) is 0 Å². The van der Waals surface area contributed by atoms with Crippen molar-refractivity contribution in [1.82, 2.24) is 15.2 Å². The summed E-state index contributed by atoms with van der Waals surface area (Å²) >= 11 is 1.44. The van der Waals surface area contributed by atoms with Gasteiger partial charge in [-0.15, -0.1) is 11.3 Å². The van der Waals surface area contributed by atoms with E-state index < -0.39 is 0 Å². The van der Waals surface area contributed by atoms with Gasteiger partial charge in [0.15, 0.2) is 0 Å². The number of thiazole rings is 1. The van der Waals surface area contributed by atoms with Crippen molar-refractivity contribution in [3.8, 4) is 16.3 Å². The Balaban J connectivity index is 1.20. The van der Waals surface area contributed by atoms with Gasteiger partial charge < -0.3 is 15.0 Å². The minimum absolute atomic E-state index is 0.000291. The van der Waals surface area contributed by atoms with Crippen molar-refractivity contribution in [3.05, 3.63) is 71.2 Å². The molecule has 4 heterocycles. The number of carbonyl (C=O) groups excluding carboxylic acids is 1. The first-order valence-electron chi connectivity index (χ1n) is 10.5. The predicted octanol–water partition coefficient (Wildman–Crippen LogP) is 4.21. The number of piperidine rings is 3. The van der Waals surface area contributed by atoms with Crippen LogP contribution in [0.4, 0.5) is 0 Å². The Morgan fingerprint density at radius 3 is 2.57 bits per heavy atom. The minimum atomic E-state index is 0.000291. The van der Waals surface area contributed by atoms with Gasteiger partial charge in [0.1, 0.15) is 22.2 Å². The predicted molar refractivity (Wildman–Crippen MR) is 119 cm³/mol. The monoisotopic (exact) mass is 419 g/mol. The molecule has 6 rings (SSSR count). The van der Waals surface area contributed by atoms with Crippen LogP contribution in [0.5, 0.6) is 5.75 Å². The van der Waals surface area contributed by atoms with Gasteiger partial charge in [0, 0.05) is 18.2 Å². The van der Waals surface area contributed by atoms with E-state index in [1.165, 1.54) is 37.3 Å². The van der Waals surface area contributed by atoms with Gasteiger partial charge in [0.25, 0.3) is 5.91 Å². The van der Waals surface area contributed by atoms with E-state index in [0.29, 0.717) is 17.4 Å². The molecule has 0 saturated carbocycles. The molecular weight excluding hydrogens is 394 g/mol. The molecular formula is C24H25N3O2S. The second-order valence-electron chi connectivity index (χ2n) is 8.05. The maximum Gasteiger partial charge on any atom is 0.263 e. The zero-order chi connectivity index (χ0) is 20.3. The largest absolute Gasteiger partial charge is 0.489 e. The van der Waals surface area contributed by atoms with Gasteiger partial charge in [-0.3, -0.25) is 4.79 Å². The minimum Gasteiger partial charge on any atom is -0.489 e. The van der Waals surface area contributed by atoms with Gasteiger partial charge in [0.2, 0.25) is 0 Å². The Morgan fingerprint density at radius 2 is 1.87 bits per heavy atom. The zero-order valence-electron chi connectivity index (χ0n) is 16.8. The van der Waals surface area contributed by atoms with Crippen molar-refractivity contribution in [2.24, 2.45) is 5.92 Å². The smallest absolute Gasteiger partial charge is 0.263 e. The molecule has 2 aromatic carbocycles. The average Bonchev–Trinajstić information content (AvgIpc) is 3.30. The lowest BCUT2D eigenvalue weighted by molar-refractivity contribution is 0.0622. The number of carbonyl (C=O) groups is 1. The van der Waals surface area contributed by atoms with E-state index in [9.17, 15) is 4.79 Å². The molecule has 0 spiro atoms. The van der Waals surface area contributed by atoms with Crippen LogP contribution in [0.2, 0.25) is 0 Å². The quantitative estimate of drug-likeness (QED) is 0.650. The first-order valence-corrected chi connectivity index (χ1v) is 11.3. The Morgan fingerprint density at radius 1 is 1.10 bits per heavy atom. The molecule has 2 bridgehead atoms. The molecule has 30 heavy (non-hydrogen) atoms. The fourth-order valence-electron chi connectivity index (χ4n) is 4.32. The molecule has 1 aromatic heterocycles. The lowest BCUT2D eigenvalue weighted by atomic mass is 9.84. The van der Waals surface area contributed by atoms with Crippen molar-refractivity contribution < 1.29 is 9.53 Å². The number of nitrogens with zero attached hydrogens (tertiary/aromatic N) is 2. The average molecular weight is 420 g/mol. The first kappa shape index (κ1) is 19.3. The fraction of sp³-hybridized carbons (Fsp3) is 0.333. The molecule has 5 nitrogen and oxygen atoms in total. The normalized spacial score (nSPS) is 22.6. The molecule has 3 fully saturated rings. The van der Waals surface area contributed by atoms with E-state index in [1.807, 2.05) is 54.6 Å². The van der Waals surface area contributed by atoms with Crippen LogP contribution in [0.3, 0.4) is 0 Å². The van der Waals surface area contributed by atoms with E-state index in [2.05, 4.69) is 15.2 Å². The van der Waals surface area contributed by atoms with Crippen molar-refractivity contribution >= 4 is 17.2 Å². The van der Waals surface area contributed by atoms with E-state index in [0.717, 1.165) is 28.4 Å². The fourth-order valence-corrected chi connectivity index (χ4v) is 5.14. The van der Waals surface area contributed by atoms with Gasteiger partial charge >= 0.3 is 0 Å². The molecule has 1 amide bonds. The number of amides is 1. The summed E-state index contributed by atoms with van der Waals surface area (Å²) in [6.07, 6.45) is 4.08. The summed E-state index contributed by atoms with van der Waals surface area (Å²) < 4.78 is 5.85. The summed E-state index contributed by atoms with van der Waals surface area (Å²) in [5, 5.41) is 4.09. The van der Waals surface area contributed by atoms with Gasteiger partial charge in [0.05, 0.1) is 6.20 Å². The van der Waals surface area contributed by atoms with Crippen LogP contribution in [0.15, 0.2) is 60.8 Å². The summed E-state index contributed by atoms with van der Waals surface area (Å²) in [7, 11) is 0. The Bertz CT molecular complexity index is 995. The maximum absolute atomic E-state index is 12.7. The highest BCUT2D eigenvalue weighted by molar-refractivity contribution is 7.16. The molecule has 0 radical (unpaired) electrons. The Kier molecular flexibility index (Phi) is 5.51. The Labute approximate surface area is 180 Å². The number of hydrogen-bond acceptors (Lipinski definition) is 5. The van der Waals surface area contributed by atoms with Crippen molar-refractivity contribution in [2.75, 3.05) is 19.6 Å². The van der Waals surface area contributed by atoms with E-state index >= 15 is 0 Å². The highest BCUT2D eigenvalue weighted by Crippen LogP contribution is 2.30. The van der Waals surface area contributed by atoms with Crippen LogP contribution in [0.1, 0.15) is 28.1 Å². The molecule has 3 saturated heterocycles. The number of rotatable bonds is 6. The van der Waals surface area contributed by atoms with Crippen LogP contribution >= 0.6 is 11.3 Å². The number of aromatic nitrogens is 1. The molecule has 1 atom stereocenters. The van der Waals surface area contributed by atoms with Gasteiger partial charge in [-0.05, 0) is 61.7 Å². The van der Waals surface area contributed by atoms with E-state index in [-0.39, 0.29) is 11.9 Å². The maximum atomic E-state index is 12.7. The lowest BCUT2D eigenvalue weighted by Gasteiger charge is -2.44. The summed E-state index contributed by atoms with van der Waals surface area (Å²) in [6, 6.07) is 18.3. The van der Waals surface area contributed by atoms with Crippen molar-refractivity contribution in [1.29, 1.82) is 0 Å². The molecule has 0 aliphatic carbocycles. The summed E-state index contributed by atoms with van der Waals surface area (Å²) in [6.45, 7) is 3.87. The van der Waals surface area contributed by atoms with Crippen molar-refractivity contribution in [2.45, 2.75) is 25.5 Å². The molecule has 6 heteroatoms. The first-order chi connectivity index (χ1) is 14.7. The standard InChI is InChI=1S/C24H25N3O2S/c28-23(26-21-15-27-12-10-18(21)11-13-27)22-14-25-24(30-22)19-6-8-20(9-7-19)29-16-17-4-2-1-3-5-17/h1-9,14,18,21H,10-13,15-16H2,(H,26,28). The molecule has 1 N–H and O–H groups in total. The molecule has 3 aromatic rings. The number of benzene rings is 2. The van der Waals surface area contributed by atoms with Crippen LogP contribution in [0, 0.1) is 5.92 Å². The van der Waals surface area contributed by atoms with Crippen molar-refractivity contribution in [3.63, 3.8) is 0 Å². The zero-order valence-corrected chi connectivity index (χ0v) is 17.6. The third kappa shape index (κ3) is 4.25. The highest BCUT2D eigenvalue weighted by atomic mass is 32.1. The summed E-state index contributed by atoms with van der Waals surface area (Å²) in [4.78, 5) is 20.3. The van der Waals surface area contributed by atoms with Crippen LogP contribution in [-0.2, 0) is 6.61 Å². The van der Waals surface area contributed by atoms with Crippen LogP contribution in [-0.4, -0.2) is 41.5 Å². The number of ether oxygens (including phenoxy) is 1. The topological polar surface area (TPSA) is 54.5 Å². The molecule has 154 valence electrons. The third-order valence-electron chi connectivity index (χ3n) is 6.05. The molecule has 3 aliphatic rings. The number of nitrogens with one attached hydrogen (secondary N) is 1. The summed E-state index contributed by atoms with van der Waals surface area (Å²) in [5.41, 5.74) is 2.13. The highest BCUT2D eigenvalue weighted by Gasteiger charge is 2.35. The second kappa shape index (κ2) is 8.58. The van der Waals surface area contributed by atoms with Gasteiger partial charge in [-0.25, -0.2) is 4.98 Å². The number of hydrogen-bond donors (Lipinski definition) is 1. The molecule has 3 aliphatic heterocycles. The summed E-state index contributed by atoms with van der Waals surface area (Å²) in [5.74, 6) is 1.44. The molecule has 1 unspecified atom stereocenters. The van der Waals surface area contributed by atoms with Crippen LogP contribution < -0.4 is 10.1 Å². The Hall–Kier alpha value is -2.70. The SMILES string of the molecule is O=C(NC1CN2CCC1CC2)c1cnc(-c2ccc(OCc3ccccc3)cc2)s1. The van der Waals surface area contributed by atoms with E-state index in [4.69, 9.17) is 4.74 Å². The van der Waals surface area contributed by atoms with Crippen LogP contribution in [0.25, 0.3) is 10.6 Å². The number of fused-ring (bicyclic) bond motifs is 3.